The maximum absolute atomic E-state index is 12.2. The number of methoxy groups -OCH3 is 1. The van der Waals surface area contributed by atoms with Gasteiger partial charge in [-0.2, -0.15) is 10.2 Å². The van der Waals surface area contributed by atoms with Crippen LogP contribution in [0.15, 0.2) is 55.0 Å². The molecule has 0 radical (unpaired) electrons. The summed E-state index contributed by atoms with van der Waals surface area (Å²) in [4.78, 5) is 12.2. The number of carbonyl (C=O) groups excluding carboxylic acids is 1. The van der Waals surface area contributed by atoms with E-state index in [1.54, 1.807) is 24.1 Å². The molecule has 0 saturated carbocycles. The molecule has 0 atom stereocenters. The number of hydrogen-bond donors (Lipinski definition) is 1. The Kier molecular flexibility index (Phi) is 5.58. The molecule has 0 aliphatic heterocycles. The number of ether oxygens (including phenoxy) is 1. The van der Waals surface area contributed by atoms with Crippen LogP contribution in [0, 0.1) is 0 Å². The van der Waals surface area contributed by atoms with Crippen molar-refractivity contribution in [3.63, 3.8) is 0 Å². The molecule has 1 aromatic carbocycles. The van der Waals surface area contributed by atoms with Gasteiger partial charge < -0.3 is 10.1 Å². The van der Waals surface area contributed by atoms with Crippen LogP contribution in [0.3, 0.4) is 0 Å². The van der Waals surface area contributed by atoms with Gasteiger partial charge in [0.25, 0.3) is 0 Å². The van der Waals surface area contributed by atoms with Crippen molar-refractivity contribution in [1.29, 1.82) is 0 Å². The van der Waals surface area contributed by atoms with Gasteiger partial charge in [0.05, 0.1) is 32.3 Å². The van der Waals surface area contributed by atoms with E-state index in [1.165, 1.54) is 5.56 Å². The second-order valence-electron chi connectivity index (χ2n) is 5.71. The van der Waals surface area contributed by atoms with Crippen molar-refractivity contribution in [3.8, 4) is 0 Å². The van der Waals surface area contributed by atoms with Gasteiger partial charge in [-0.05, 0) is 11.1 Å². The van der Waals surface area contributed by atoms with Gasteiger partial charge in [0.1, 0.15) is 0 Å². The molecule has 7 nitrogen and oxygen atoms in total. The van der Waals surface area contributed by atoms with Crippen molar-refractivity contribution >= 4 is 11.7 Å². The Morgan fingerprint density at radius 3 is 2.80 bits per heavy atom. The molecule has 0 aliphatic rings. The molecule has 3 aromatic rings. The molecule has 0 spiro atoms. The number of nitrogens with zero attached hydrogens (tertiary/aromatic N) is 4. The molecule has 2 heterocycles. The Morgan fingerprint density at radius 2 is 2.00 bits per heavy atom. The van der Waals surface area contributed by atoms with E-state index >= 15 is 0 Å². The van der Waals surface area contributed by atoms with Gasteiger partial charge in [-0.1, -0.05) is 30.3 Å². The van der Waals surface area contributed by atoms with Crippen LogP contribution < -0.4 is 5.32 Å². The number of rotatable bonds is 8. The van der Waals surface area contributed by atoms with Gasteiger partial charge >= 0.3 is 0 Å². The summed E-state index contributed by atoms with van der Waals surface area (Å²) < 4.78 is 8.57. The third-order valence-corrected chi connectivity index (χ3v) is 3.67. The summed E-state index contributed by atoms with van der Waals surface area (Å²) in [6, 6.07) is 11.9. The molecule has 1 amide bonds. The van der Waals surface area contributed by atoms with E-state index in [0.29, 0.717) is 25.5 Å². The summed E-state index contributed by atoms with van der Waals surface area (Å²) in [5, 5.41) is 11.4. The predicted octanol–water partition coefficient (Wildman–Crippen LogP) is 1.96. The molecule has 3 rings (SSSR count). The molecule has 1 N–H and O–H groups in total. The average molecular weight is 339 g/mol. The molecular weight excluding hydrogens is 318 g/mol. The summed E-state index contributed by atoms with van der Waals surface area (Å²) in [6.45, 7) is 1.92. The van der Waals surface area contributed by atoms with Crippen molar-refractivity contribution in [2.45, 2.75) is 19.5 Å². The van der Waals surface area contributed by atoms with Gasteiger partial charge in [0.2, 0.25) is 5.91 Å². The van der Waals surface area contributed by atoms with Crippen LogP contribution in [0.4, 0.5) is 5.82 Å². The van der Waals surface area contributed by atoms with E-state index < -0.39 is 0 Å². The number of nitrogens with one attached hydrogen (secondary N) is 1. The highest BCUT2D eigenvalue weighted by molar-refractivity contribution is 5.91. The summed E-state index contributed by atoms with van der Waals surface area (Å²) in [6.07, 6.45) is 5.69. The summed E-state index contributed by atoms with van der Waals surface area (Å²) >= 11 is 0. The molecule has 25 heavy (non-hydrogen) atoms. The Balaban J connectivity index is 1.52. The van der Waals surface area contributed by atoms with Crippen LogP contribution in [0.2, 0.25) is 0 Å². The lowest BCUT2D eigenvalue weighted by molar-refractivity contribution is -0.115. The summed E-state index contributed by atoms with van der Waals surface area (Å²) in [7, 11) is 1.64. The fourth-order valence-electron chi connectivity index (χ4n) is 2.46. The zero-order valence-corrected chi connectivity index (χ0v) is 14.1. The maximum atomic E-state index is 12.2. The number of benzene rings is 1. The molecule has 0 saturated heterocycles. The van der Waals surface area contributed by atoms with Crippen molar-refractivity contribution in [2.75, 3.05) is 19.0 Å². The number of aromatic nitrogens is 4. The van der Waals surface area contributed by atoms with Crippen molar-refractivity contribution in [1.82, 2.24) is 19.6 Å². The van der Waals surface area contributed by atoms with Gasteiger partial charge in [-0.3, -0.25) is 14.2 Å². The Labute approximate surface area is 146 Å². The number of anilines is 1. The SMILES string of the molecule is COCCn1ccc(NC(=O)Cc2cnn(Cc3ccccc3)c2)n1. The maximum Gasteiger partial charge on any atom is 0.230 e. The quantitative estimate of drug-likeness (QED) is 0.681. The first-order valence-electron chi connectivity index (χ1n) is 8.10. The highest BCUT2D eigenvalue weighted by Crippen LogP contribution is 2.07. The monoisotopic (exact) mass is 339 g/mol. The van der Waals surface area contributed by atoms with Crippen molar-refractivity contribution in [2.24, 2.45) is 0 Å². The van der Waals surface area contributed by atoms with E-state index in [1.807, 2.05) is 47.4 Å². The normalized spacial score (nSPS) is 10.8. The van der Waals surface area contributed by atoms with E-state index in [2.05, 4.69) is 15.5 Å². The van der Waals surface area contributed by atoms with Crippen molar-refractivity contribution in [3.05, 3.63) is 66.1 Å². The molecule has 0 aliphatic carbocycles. The molecule has 0 bridgehead atoms. The number of hydrogen-bond acceptors (Lipinski definition) is 4. The molecule has 7 heteroatoms. The first-order chi connectivity index (χ1) is 12.2. The Hall–Kier alpha value is -2.93. The van der Waals surface area contributed by atoms with Crippen LogP contribution in [-0.2, 0) is 29.0 Å². The lowest BCUT2D eigenvalue weighted by Gasteiger charge is -2.02. The van der Waals surface area contributed by atoms with Crippen LogP contribution in [0.1, 0.15) is 11.1 Å². The van der Waals surface area contributed by atoms with Gasteiger partial charge in [0, 0.05) is 25.6 Å². The third-order valence-electron chi connectivity index (χ3n) is 3.67. The lowest BCUT2D eigenvalue weighted by Crippen LogP contribution is -2.15. The molecule has 130 valence electrons. The smallest absolute Gasteiger partial charge is 0.230 e. The fraction of sp³-hybridized carbons (Fsp3) is 0.278. The average Bonchev–Trinajstić information content (AvgIpc) is 3.23. The largest absolute Gasteiger partial charge is 0.383 e. The van der Waals surface area contributed by atoms with Crippen molar-refractivity contribution < 1.29 is 9.53 Å². The number of carbonyl (C=O) groups is 1. The second kappa shape index (κ2) is 8.25. The minimum atomic E-state index is -0.115. The van der Waals surface area contributed by atoms with Crippen LogP contribution >= 0.6 is 0 Å². The van der Waals surface area contributed by atoms with Crippen LogP contribution in [-0.4, -0.2) is 39.2 Å². The van der Waals surface area contributed by atoms with E-state index in [9.17, 15) is 4.79 Å². The van der Waals surface area contributed by atoms with Crippen LogP contribution in [0.25, 0.3) is 0 Å². The highest BCUT2D eigenvalue weighted by atomic mass is 16.5. The number of amides is 1. The zero-order chi connectivity index (χ0) is 17.5. The van der Waals surface area contributed by atoms with Gasteiger partial charge in [-0.25, -0.2) is 0 Å². The first-order valence-corrected chi connectivity index (χ1v) is 8.10. The molecule has 0 unspecified atom stereocenters. The summed E-state index contributed by atoms with van der Waals surface area (Å²) in [5.74, 6) is 0.425. The Morgan fingerprint density at radius 1 is 1.16 bits per heavy atom. The molecule has 2 aromatic heterocycles. The first kappa shape index (κ1) is 16.9. The van der Waals surface area contributed by atoms with Gasteiger partial charge in [0.15, 0.2) is 5.82 Å². The molecule has 0 fully saturated rings. The zero-order valence-electron chi connectivity index (χ0n) is 14.1. The fourth-order valence-corrected chi connectivity index (χ4v) is 2.46. The van der Waals surface area contributed by atoms with E-state index in [0.717, 1.165) is 5.56 Å². The predicted molar refractivity (Wildman–Crippen MR) is 94.2 cm³/mol. The molecular formula is C18H21N5O2. The minimum Gasteiger partial charge on any atom is -0.383 e. The highest BCUT2D eigenvalue weighted by Gasteiger charge is 2.08. The minimum absolute atomic E-state index is 0.115. The van der Waals surface area contributed by atoms with E-state index in [4.69, 9.17) is 4.74 Å². The summed E-state index contributed by atoms with van der Waals surface area (Å²) in [5.41, 5.74) is 2.04. The lowest BCUT2D eigenvalue weighted by atomic mass is 10.2. The standard InChI is InChI=1S/C18H21N5O2/c1-25-10-9-22-8-7-17(21-22)20-18(24)11-16-12-19-23(14-16)13-15-5-3-2-4-6-15/h2-8,12,14H,9-11,13H2,1H3,(H,20,21,24). The Bertz CT molecular complexity index is 810. The van der Waals surface area contributed by atoms with Gasteiger partial charge in [-0.15, -0.1) is 0 Å². The second-order valence-corrected chi connectivity index (χ2v) is 5.71. The van der Waals surface area contributed by atoms with Crippen LogP contribution in [0.5, 0.6) is 0 Å². The third kappa shape index (κ3) is 5.02. The van der Waals surface area contributed by atoms with E-state index in [-0.39, 0.29) is 12.3 Å². The topological polar surface area (TPSA) is 74.0 Å².